The lowest BCUT2D eigenvalue weighted by molar-refractivity contribution is 0.0992. The zero-order valence-electron chi connectivity index (χ0n) is 19.6. The first-order chi connectivity index (χ1) is 17.7. The van der Waals surface area contributed by atoms with Crippen LogP contribution in [0.4, 0.5) is 22.7 Å². The number of benzene rings is 5. The summed E-state index contributed by atoms with van der Waals surface area (Å²) in [5, 5.41) is 0. The monoisotopic (exact) mass is 468 g/mol. The zero-order valence-corrected chi connectivity index (χ0v) is 19.6. The molecule has 0 radical (unpaired) electrons. The molecule has 174 valence electrons. The van der Waals surface area contributed by atoms with Crippen LogP contribution in [0.2, 0.25) is 0 Å². The second-order valence-corrected chi connectivity index (χ2v) is 8.20. The summed E-state index contributed by atoms with van der Waals surface area (Å²) in [4.78, 5) is 30.7. The van der Waals surface area contributed by atoms with Crippen molar-refractivity contribution in [2.75, 3.05) is 9.80 Å². The Bertz CT molecular complexity index is 1340. The smallest absolute Gasteiger partial charge is 0.262 e. The lowest BCUT2D eigenvalue weighted by Crippen LogP contribution is -2.28. The first-order valence-corrected chi connectivity index (χ1v) is 11.7. The number of hydrogen-bond acceptors (Lipinski definition) is 2. The van der Waals surface area contributed by atoms with Crippen LogP contribution >= 0.6 is 0 Å². The molecule has 36 heavy (non-hydrogen) atoms. The van der Waals surface area contributed by atoms with Crippen LogP contribution in [0.25, 0.3) is 0 Å². The molecule has 0 aliphatic carbocycles. The predicted molar refractivity (Wildman–Crippen MR) is 145 cm³/mol. The summed E-state index contributed by atoms with van der Waals surface area (Å²) < 4.78 is 0. The van der Waals surface area contributed by atoms with Gasteiger partial charge in [0, 0.05) is 22.5 Å². The zero-order chi connectivity index (χ0) is 24.7. The summed E-state index contributed by atoms with van der Waals surface area (Å²) in [7, 11) is 0. The third-order valence-electron chi connectivity index (χ3n) is 5.82. The molecule has 0 aromatic heterocycles. The van der Waals surface area contributed by atoms with Gasteiger partial charge >= 0.3 is 0 Å². The van der Waals surface area contributed by atoms with Gasteiger partial charge in [0.1, 0.15) is 0 Å². The molecule has 4 heteroatoms. The molecule has 4 nitrogen and oxygen atoms in total. The molecule has 0 saturated carbocycles. The Morgan fingerprint density at radius 3 is 1.03 bits per heavy atom. The number of nitrogens with zero attached hydrogens (tertiary/aromatic N) is 2. The Morgan fingerprint density at radius 1 is 0.361 bits per heavy atom. The second kappa shape index (κ2) is 10.5. The topological polar surface area (TPSA) is 40.6 Å². The number of hydrogen-bond donors (Lipinski definition) is 0. The van der Waals surface area contributed by atoms with Crippen LogP contribution in [0, 0.1) is 0 Å². The third kappa shape index (κ3) is 4.79. The minimum Gasteiger partial charge on any atom is -0.277 e. The number of anilines is 4. The molecule has 0 unspecified atom stereocenters. The molecule has 0 aliphatic rings. The third-order valence-corrected chi connectivity index (χ3v) is 5.82. The van der Waals surface area contributed by atoms with E-state index in [0.717, 1.165) is 11.4 Å². The van der Waals surface area contributed by atoms with Crippen molar-refractivity contribution in [3.8, 4) is 0 Å². The number of carbonyl (C=O) groups excluding carboxylic acids is 2. The Labute approximate surface area is 210 Å². The summed E-state index contributed by atoms with van der Waals surface area (Å²) in [5.41, 5.74) is 3.95. The van der Waals surface area contributed by atoms with Crippen molar-refractivity contribution in [3.05, 3.63) is 157 Å². The number of amides is 2. The summed E-state index contributed by atoms with van der Waals surface area (Å²) in [6.07, 6.45) is 0. The lowest BCUT2D eigenvalue weighted by atomic mass is 10.1. The summed E-state index contributed by atoms with van der Waals surface area (Å²) in [6, 6.07) is 44.9. The maximum atomic E-state index is 13.7. The Balaban J connectivity index is 1.63. The van der Waals surface area contributed by atoms with Crippen LogP contribution in [0.5, 0.6) is 0 Å². The average molecular weight is 469 g/mol. The molecular weight excluding hydrogens is 444 g/mol. The Hall–Kier alpha value is -4.96. The normalized spacial score (nSPS) is 10.4. The van der Waals surface area contributed by atoms with E-state index in [-0.39, 0.29) is 11.8 Å². The molecule has 0 heterocycles. The van der Waals surface area contributed by atoms with Crippen LogP contribution in [-0.4, -0.2) is 11.8 Å². The maximum absolute atomic E-state index is 13.7. The van der Waals surface area contributed by atoms with E-state index in [9.17, 15) is 9.59 Å². The molecule has 0 fully saturated rings. The molecule has 5 aromatic rings. The van der Waals surface area contributed by atoms with E-state index in [1.165, 1.54) is 0 Å². The quantitative estimate of drug-likeness (QED) is 0.257. The van der Waals surface area contributed by atoms with E-state index in [0.29, 0.717) is 22.5 Å². The molecular formula is C32H24N2O2. The number of para-hydroxylation sites is 2. The molecule has 0 spiro atoms. The van der Waals surface area contributed by atoms with E-state index in [2.05, 4.69) is 0 Å². The number of rotatable bonds is 6. The van der Waals surface area contributed by atoms with E-state index < -0.39 is 0 Å². The summed E-state index contributed by atoms with van der Waals surface area (Å²) in [6.45, 7) is 0. The van der Waals surface area contributed by atoms with E-state index in [4.69, 9.17) is 0 Å². The fourth-order valence-corrected chi connectivity index (χ4v) is 4.11. The molecule has 5 aromatic carbocycles. The number of carbonyl (C=O) groups is 2. The van der Waals surface area contributed by atoms with Crippen LogP contribution in [-0.2, 0) is 0 Å². The molecule has 2 amide bonds. The minimum absolute atomic E-state index is 0.153. The van der Waals surface area contributed by atoms with Gasteiger partial charge in [-0.1, -0.05) is 78.9 Å². The Morgan fingerprint density at radius 2 is 0.667 bits per heavy atom. The van der Waals surface area contributed by atoms with Gasteiger partial charge in [0.15, 0.2) is 0 Å². The highest BCUT2D eigenvalue weighted by molar-refractivity contribution is 6.13. The predicted octanol–water partition coefficient (Wildman–Crippen LogP) is 7.64. The molecule has 0 saturated heterocycles. The van der Waals surface area contributed by atoms with Crippen molar-refractivity contribution in [2.24, 2.45) is 0 Å². The molecule has 0 aliphatic heterocycles. The van der Waals surface area contributed by atoms with E-state index in [1.807, 2.05) is 121 Å². The molecule has 5 rings (SSSR count). The SMILES string of the molecule is O=C(c1ccccc1)N(c1ccccc1)c1cccc(N(C(=O)c2ccccc2)c2ccccc2)c1. The van der Waals surface area contributed by atoms with Crippen LogP contribution < -0.4 is 9.80 Å². The van der Waals surface area contributed by atoms with Gasteiger partial charge in [-0.15, -0.1) is 0 Å². The van der Waals surface area contributed by atoms with Crippen molar-refractivity contribution in [2.45, 2.75) is 0 Å². The van der Waals surface area contributed by atoms with E-state index >= 15 is 0 Å². The van der Waals surface area contributed by atoms with Crippen molar-refractivity contribution >= 4 is 34.6 Å². The van der Waals surface area contributed by atoms with Gasteiger partial charge in [-0.3, -0.25) is 19.4 Å². The van der Waals surface area contributed by atoms with Gasteiger partial charge in [0.05, 0.1) is 11.4 Å². The van der Waals surface area contributed by atoms with Gasteiger partial charge in [0.2, 0.25) is 0 Å². The second-order valence-electron chi connectivity index (χ2n) is 8.20. The van der Waals surface area contributed by atoms with Crippen LogP contribution in [0.15, 0.2) is 146 Å². The van der Waals surface area contributed by atoms with Crippen LogP contribution in [0.1, 0.15) is 20.7 Å². The summed E-state index contributed by atoms with van der Waals surface area (Å²) >= 11 is 0. The highest BCUT2D eigenvalue weighted by Crippen LogP contribution is 2.34. The fraction of sp³-hybridized carbons (Fsp3) is 0. The lowest BCUT2D eigenvalue weighted by Gasteiger charge is -2.27. The highest BCUT2D eigenvalue weighted by Gasteiger charge is 2.23. The van der Waals surface area contributed by atoms with Gasteiger partial charge in [0.25, 0.3) is 11.8 Å². The minimum atomic E-state index is -0.153. The van der Waals surface area contributed by atoms with E-state index in [1.54, 1.807) is 34.1 Å². The largest absolute Gasteiger partial charge is 0.277 e. The standard InChI is InChI=1S/C32H24N2O2/c35-31(25-14-5-1-6-15-25)33(27-18-9-3-10-19-27)29-22-13-23-30(24-29)34(28-20-11-4-12-21-28)32(36)26-16-7-2-8-17-26/h1-24H. The van der Waals surface area contributed by atoms with Crippen molar-refractivity contribution in [1.29, 1.82) is 0 Å². The van der Waals surface area contributed by atoms with Gasteiger partial charge in [-0.2, -0.15) is 0 Å². The van der Waals surface area contributed by atoms with Crippen LogP contribution in [0.3, 0.4) is 0 Å². The molecule has 0 N–H and O–H groups in total. The van der Waals surface area contributed by atoms with Crippen molar-refractivity contribution < 1.29 is 9.59 Å². The van der Waals surface area contributed by atoms with Crippen molar-refractivity contribution in [3.63, 3.8) is 0 Å². The Kier molecular flexibility index (Phi) is 6.68. The molecule has 0 atom stereocenters. The van der Waals surface area contributed by atoms with Gasteiger partial charge in [-0.25, -0.2) is 0 Å². The highest BCUT2D eigenvalue weighted by atomic mass is 16.2. The maximum Gasteiger partial charge on any atom is 0.262 e. The fourth-order valence-electron chi connectivity index (χ4n) is 4.11. The summed E-state index contributed by atoms with van der Waals surface area (Å²) in [5.74, 6) is -0.306. The molecule has 0 bridgehead atoms. The first kappa shape index (κ1) is 22.8. The van der Waals surface area contributed by atoms with Crippen molar-refractivity contribution in [1.82, 2.24) is 0 Å². The van der Waals surface area contributed by atoms with Gasteiger partial charge < -0.3 is 0 Å². The first-order valence-electron chi connectivity index (χ1n) is 11.7. The average Bonchev–Trinajstić information content (AvgIpc) is 2.96. The van der Waals surface area contributed by atoms with Gasteiger partial charge in [-0.05, 0) is 66.7 Å².